The van der Waals surface area contributed by atoms with Crippen molar-refractivity contribution in [3.8, 4) is 0 Å². The van der Waals surface area contributed by atoms with Crippen molar-refractivity contribution in [1.29, 1.82) is 0 Å². The van der Waals surface area contributed by atoms with Crippen LogP contribution in [0.2, 0.25) is 0 Å². The molecule has 0 saturated carbocycles. The Labute approximate surface area is 215 Å². The maximum absolute atomic E-state index is 14.6. The van der Waals surface area contributed by atoms with Crippen LogP contribution in [0.5, 0.6) is 0 Å². The van der Waals surface area contributed by atoms with Gasteiger partial charge in [0.05, 0.1) is 0 Å². The summed E-state index contributed by atoms with van der Waals surface area (Å²) in [5.41, 5.74) is 1.78. The first kappa shape index (κ1) is 23.4. The number of aliphatic imine (C=N–C) groups is 1. The molecule has 6 rings (SSSR count). The SMILES string of the molecule is CN1C(=O)NC(=O)C2C1N=C(N1CCN(Cc3cccc4ccccc34)CC1)N2Cc1ccccc1F. The smallest absolute Gasteiger partial charge is 0.325 e. The molecule has 2 fully saturated rings. The highest BCUT2D eigenvalue weighted by Crippen LogP contribution is 2.29. The Kier molecular flexibility index (Phi) is 6.00. The number of rotatable bonds is 4. The van der Waals surface area contributed by atoms with E-state index in [1.807, 2.05) is 4.90 Å². The molecule has 9 heteroatoms. The molecule has 0 spiro atoms. The number of hydrogen-bond acceptors (Lipinski definition) is 6. The Bertz CT molecular complexity index is 1380. The number of carbonyl (C=O) groups excluding carboxylic acids is 2. The number of urea groups is 1. The molecule has 2 atom stereocenters. The van der Waals surface area contributed by atoms with Gasteiger partial charge in [-0.3, -0.25) is 15.0 Å². The fourth-order valence-corrected chi connectivity index (χ4v) is 5.53. The lowest BCUT2D eigenvalue weighted by Crippen LogP contribution is -2.64. The first-order chi connectivity index (χ1) is 18.0. The average molecular weight is 501 g/mol. The fourth-order valence-electron chi connectivity index (χ4n) is 5.53. The van der Waals surface area contributed by atoms with E-state index in [0.717, 1.165) is 32.7 Å². The Morgan fingerprint density at radius 3 is 2.41 bits per heavy atom. The highest BCUT2D eigenvalue weighted by Gasteiger charge is 2.50. The summed E-state index contributed by atoms with van der Waals surface area (Å²) in [4.78, 5) is 37.9. The summed E-state index contributed by atoms with van der Waals surface area (Å²) in [6.45, 7) is 4.13. The molecular formula is C28H29FN6O2. The largest absolute Gasteiger partial charge is 0.340 e. The van der Waals surface area contributed by atoms with Gasteiger partial charge in [-0.15, -0.1) is 0 Å². The third-order valence-electron chi connectivity index (χ3n) is 7.57. The standard InChI is InChI=1S/C28H29FN6O2/c1-32-25-24(26(36)31-28(32)37)35(18-21-8-3-5-12-23(21)29)27(30-25)34-15-13-33(14-16-34)17-20-10-6-9-19-7-2-4-11-22(19)20/h2-12,24-25H,13-18H2,1H3,(H,31,36,37). The molecule has 3 heterocycles. The zero-order chi connectivity index (χ0) is 25.5. The highest BCUT2D eigenvalue weighted by atomic mass is 19.1. The molecule has 8 nitrogen and oxygen atoms in total. The Hall–Kier alpha value is -3.98. The van der Waals surface area contributed by atoms with Gasteiger partial charge < -0.3 is 14.7 Å². The van der Waals surface area contributed by atoms with E-state index >= 15 is 0 Å². The van der Waals surface area contributed by atoms with Gasteiger partial charge in [-0.2, -0.15) is 0 Å². The van der Waals surface area contributed by atoms with Crippen molar-refractivity contribution in [3.05, 3.63) is 83.7 Å². The lowest BCUT2D eigenvalue weighted by Gasteiger charge is -2.40. The summed E-state index contributed by atoms with van der Waals surface area (Å²) >= 11 is 0. The number of imide groups is 1. The zero-order valence-electron chi connectivity index (χ0n) is 20.7. The minimum absolute atomic E-state index is 0.193. The van der Waals surface area contributed by atoms with E-state index in [2.05, 4.69) is 57.6 Å². The number of likely N-dealkylation sites (N-methyl/N-ethyl adjacent to an activating group) is 1. The molecule has 2 saturated heterocycles. The molecule has 1 N–H and O–H groups in total. The Morgan fingerprint density at radius 1 is 0.892 bits per heavy atom. The maximum atomic E-state index is 14.6. The molecule has 2 unspecified atom stereocenters. The predicted molar refractivity (Wildman–Crippen MR) is 139 cm³/mol. The maximum Gasteiger partial charge on any atom is 0.325 e. The van der Waals surface area contributed by atoms with Crippen molar-refractivity contribution in [3.63, 3.8) is 0 Å². The second-order valence-electron chi connectivity index (χ2n) is 9.81. The van der Waals surface area contributed by atoms with Gasteiger partial charge in [0.2, 0.25) is 0 Å². The van der Waals surface area contributed by atoms with Gasteiger partial charge in [-0.05, 0) is 22.4 Å². The van der Waals surface area contributed by atoms with Crippen LogP contribution in [0, 0.1) is 5.82 Å². The van der Waals surface area contributed by atoms with E-state index < -0.39 is 24.1 Å². The van der Waals surface area contributed by atoms with Crippen LogP contribution >= 0.6 is 0 Å². The number of carbonyl (C=O) groups is 2. The number of piperazine rings is 1. The number of hydrogen-bond donors (Lipinski definition) is 1. The van der Waals surface area contributed by atoms with Gasteiger partial charge in [0, 0.05) is 51.9 Å². The molecule has 37 heavy (non-hydrogen) atoms. The van der Waals surface area contributed by atoms with Gasteiger partial charge >= 0.3 is 6.03 Å². The van der Waals surface area contributed by atoms with E-state index in [0.29, 0.717) is 11.5 Å². The van der Waals surface area contributed by atoms with Gasteiger partial charge in [0.1, 0.15) is 5.82 Å². The van der Waals surface area contributed by atoms with Crippen molar-refractivity contribution in [1.82, 2.24) is 24.9 Å². The molecule has 190 valence electrons. The number of nitrogens with one attached hydrogen (secondary N) is 1. The molecule has 3 aromatic rings. The summed E-state index contributed by atoms with van der Waals surface area (Å²) in [5.74, 6) is -0.0941. The number of amides is 3. The zero-order valence-corrected chi connectivity index (χ0v) is 20.7. The quantitative estimate of drug-likeness (QED) is 0.597. The molecule has 3 amide bonds. The average Bonchev–Trinajstić information content (AvgIpc) is 3.29. The number of benzene rings is 3. The highest BCUT2D eigenvalue weighted by molar-refractivity contribution is 6.03. The van der Waals surface area contributed by atoms with Crippen molar-refractivity contribution < 1.29 is 14.0 Å². The summed E-state index contributed by atoms with van der Waals surface area (Å²) in [6, 6.07) is 20.3. The van der Waals surface area contributed by atoms with E-state index in [-0.39, 0.29) is 12.4 Å². The van der Waals surface area contributed by atoms with Crippen LogP contribution in [-0.2, 0) is 17.9 Å². The van der Waals surface area contributed by atoms with Crippen LogP contribution in [0.4, 0.5) is 9.18 Å². The second kappa shape index (κ2) is 9.48. The number of nitrogens with zero attached hydrogens (tertiary/aromatic N) is 5. The summed E-state index contributed by atoms with van der Waals surface area (Å²) in [6.07, 6.45) is -0.642. The van der Waals surface area contributed by atoms with Crippen molar-refractivity contribution in [2.24, 2.45) is 4.99 Å². The van der Waals surface area contributed by atoms with Crippen LogP contribution in [0.3, 0.4) is 0 Å². The van der Waals surface area contributed by atoms with E-state index in [1.165, 1.54) is 27.3 Å². The van der Waals surface area contributed by atoms with Gasteiger partial charge in [-0.25, -0.2) is 14.2 Å². The first-order valence-corrected chi connectivity index (χ1v) is 12.6. The number of halogens is 1. The Morgan fingerprint density at radius 2 is 1.59 bits per heavy atom. The van der Waals surface area contributed by atoms with Crippen LogP contribution in [0.15, 0.2) is 71.7 Å². The van der Waals surface area contributed by atoms with Crippen molar-refractivity contribution in [2.45, 2.75) is 25.3 Å². The van der Waals surface area contributed by atoms with Gasteiger partial charge in [0.25, 0.3) is 5.91 Å². The molecule has 0 bridgehead atoms. The first-order valence-electron chi connectivity index (χ1n) is 12.6. The predicted octanol–water partition coefficient (Wildman–Crippen LogP) is 2.84. The normalized spacial score (nSPS) is 22.3. The number of fused-ring (bicyclic) bond motifs is 2. The molecule has 3 aliphatic rings. The van der Waals surface area contributed by atoms with E-state index in [1.54, 1.807) is 25.2 Å². The van der Waals surface area contributed by atoms with E-state index in [4.69, 9.17) is 4.99 Å². The van der Waals surface area contributed by atoms with Crippen LogP contribution in [0.1, 0.15) is 11.1 Å². The summed E-state index contributed by atoms with van der Waals surface area (Å²) in [5, 5.41) is 4.92. The molecule has 3 aromatic carbocycles. The van der Waals surface area contributed by atoms with Gasteiger partial charge in [0.15, 0.2) is 18.2 Å². The van der Waals surface area contributed by atoms with Crippen molar-refractivity contribution >= 4 is 28.7 Å². The minimum Gasteiger partial charge on any atom is -0.340 e. The molecule has 0 aliphatic carbocycles. The van der Waals surface area contributed by atoms with Crippen LogP contribution in [-0.4, -0.2) is 82.9 Å². The molecule has 3 aliphatic heterocycles. The molecule has 0 radical (unpaired) electrons. The van der Waals surface area contributed by atoms with E-state index in [9.17, 15) is 14.0 Å². The lowest BCUT2D eigenvalue weighted by atomic mass is 10.0. The lowest BCUT2D eigenvalue weighted by molar-refractivity contribution is -0.127. The summed E-state index contributed by atoms with van der Waals surface area (Å²) in [7, 11) is 1.63. The topological polar surface area (TPSA) is 71.5 Å². The minimum atomic E-state index is -0.703. The van der Waals surface area contributed by atoms with Crippen LogP contribution < -0.4 is 5.32 Å². The fraction of sp³-hybridized carbons (Fsp3) is 0.321. The van der Waals surface area contributed by atoms with Gasteiger partial charge in [-0.1, -0.05) is 60.7 Å². The van der Waals surface area contributed by atoms with Crippen LogP contribution in [0.25, 0.3) is 10.8 Å². The Balaban J connectivity index is 1.22. The molecular weight excluding hydrogens is 471 g/mol. The summed E-state index contributed by atoms with van der Waals surface area (Å²) < 4.78 is 14.6. The number of guanidine groups is 1. The third kappa shape index (κ3) is 4.29. The van der Waals surface area contributed by atoms with Crippen molar-refractivity contribution in [2.75, 3.05) is 33.2 Å². The molecule has 0 aromatic heterocycles. The monoisotopic (exact) mass is 500 g/mol. The third-order valence-corrected chi connectivity index (χ3v) is 7.57. The second-order valence-corrected chi connectivity index (χ2v) is 9.81.